The van der Waals surface area contributed by atoms with E-state index in [0.717, 1.165) is 6.54 Å². The molecule has 0 aromatic heterocycles. The van der Waals surface area contributed by atoms with Gasteiger partial charge in [-0.3, -0.25) is 10.3 Å². The van der Waals surface area contributed by atoms with E-state index in [4.69, 9.17) is 11.1 Å². The van der Waals surface area contributed by atoms with Crippen molar-refractivity contribution < 1.29 is 4.39 Å². The maximum absolute atomic E-state index is 14.1. The van der Waals surface area contributed by atoms with Crippen LogP contribution in [-0.4, -0.2) is 23.3 Å². The Morgan fingerprint density at radius 2 is 2.05 bits per heavy atom. The van der Waals surface area contributed by atoms with E-state index in [1.54, 1.807) is 12.1 Å². The number of nitrogens with zero attached hydrogens (tertiary/aromatic N) is 1. The third kappa shape index (κ3) is 3.57. The second-order valence-electron chi connectivity index (χ2n) is 5.57. The fourth-order valence-electron chi connectivity index (χ4n) is 3.01. The van der Waals surface area contributed by atoms with Gasteiger partial charge in [0.1, 0.15) is 11.7 Å². The Morgan fingerprint density at radius 1 is 1.35 bits per heavy atom. The van der Waals surface area contributed by atoms with Crippen molar-refractivity contribution in [3.63, 3.8) is 0 Å². The molecular weight excluding hydrogens is 253 g/mol. The highest BCUT2D eigenvalue weighted by molar-refractivity contribution is 5.94. The van der Waals surface area contributed by atoms with E-state index in [9.17, 15) is 4.39 Å². The highest BCUT2D eigenvalue weighted by Crippen LogP contribution is 2.24. The van der Waals surface area contributed by atoms with Crippen LogP contribution in [0.1, 0.15) is 50.2 Å². The normalized spacial score (nSPS) is 16.6. The third-order valence-electron chi connectivity index (χ3n) is 4.23. The number of benzene rings is 1. The Hall–Kier alpha value is -1.42. The number of nitrogens with one attached hydrogen (secondary N) is 1. The first-order valence-electron chi connectivity index (χ1n) is 7.48. The summed E-state index contributed by atoms with van der Waals surface area (Å²) in [6.07, 6.45) is 6.34. The Kier molecular flexibility index (Phi) is 5.12. The lowest BCUT2D eigenvalue weighted by Gasteiger charge is -2.33. The predicted molar refractivity (Wildman–Crippen MR) is 80.4 cm³/mol. The summed E-state index contributed by atoms with van der Waals surface area (Å²) in [4.78, 5) is 2.37. The predicted octanol–water partition coefficient (Wildman–Crippen LogP) is 3.26. The van der Waals surface area contributed by atoms with Crippen LogP contribution in [-0.2, 0) is 6.54 Å². The SMILES string of the molecule is CCN(Cc1ccc(C(=N)N)cc1F)C1CCCCC1. The van der Waals surface area contributed by atoms with E-state index >= 15 is 0 Å². The molecule has 4 heteroatoms. The maximum Gasteiger partial charge on any atom is 0.128 e. The van der Waals surface area contributed by atoms with Gasteiger partial charge >= 0.3 is 0 Å². The zero-order valence-corrected chi connectivity index (χ0v) is 12.2. The number of nitrogen functional groups attached to an aromatic ring is 1. The highest BCUT2D eigenvalue weighted by Gasteiger charge is 2.20. The minimum absolute atomic E-state index is 0.0879. The van der Waals surface area contributed by atoms with Gasteiger partial charge in [-0.05, 0) is 25.5 Å². The second-order valence-corrected chi connectivity index (χ2v) is 5.57. The van der Waals surface area contributed by atoms with Gasteiger partial charge in [0, 0.05) is 23.7 Å². The smallest absolute Gasteiger partial charge is 0.128 e. The molecule has 1 fully saturated rings. The molecule has 1 aliphatic rings. The standard InChI is InChI=1S/C16H24FN3/c1-2-20(14-6-4-3-5-7-14)11-13-9-8-12(16(18)19)10-15(13)17/h8-10,14H,2-7,11H2,1H3,(H3,18,19). The molecule has 1 aliphatic carbocycles. The van der Waals surface area contributed by atoms with Gasteiger partial charge in [-0.25, -0.2) is 4.39 Å². The van der Waals surface area contributed by atoms with Crippen LogP contribution >= 0.6 is 0 Å². The van der Waals surface area contributed by atoms with E-state index in [-0.39, 0.29) is 11.7 Å². The van der Waals surface area contributed by atoms with Crippen molar-refractivity contribution >= 4 is 5.84 Å². The molecule has 3 nitrogen and oxygen atoms in total. The van der Waals surface area contributed by atoms with Gasteiger partial charge in [0.05, 0.1) is 0 Å². The zero-order chi connectivity index (χ0) is 14.5. The van der Waals surface area contributed by atoms with Gasteiger partial charge in [0.15, 0.2) is 0 Å². The quantitative estimate of drug-likeness (QED) is 0.641. The fraction of sp³-hybridized carbons (Fsp3) is 0.562. The molecule has 0 amide bonds. The Morgan fingerprint density at radius 3 is 2.60 bits per heavy atom. The zero-order valence-electron chi connectivity index (χ0n) is 12.2. The molecule has 0 unspecified atom stereocenters. The maximum atomic E-state index is 14.1. The monoisotopic (exact) mass is 277 g/mol. The molecule has 1 saturated carbocycles. The van der Waals surface area contributed by atoms with Crippen molar-refractivity contribution in [2.75, 3.05) is 6.54 Å². The van der Waals surface area contributed by atoms with E-state index in [0.29, 0.717) is 23.7 Å². The topological polar surface area (TPSA) is 53.1 Å². The Labute approximate surface area is 120 Å². The van der Waals surface area contributed by atoms with Crippen LogP contribution in [0.15, 0.2) is 18.2 Å². The molecule has 0 radical (unpaired) electrons. The molecule has 20 heavy (non-hydrogen) atoms. The molecule has 0 atom stereocenters. The molecule has 3 N–H and O–H groups in total. The first-order chi connectivity index (χ1) is 9.61. The number of nitrogens with two attached hydrogens (primary N) is 1. The van der Waals surface area contributed by atoms with Gasteiger partial charge in [-0.1, -0.05) is 38.3 Å². The lowest BCUT2D eigenvalue weighted by atomic mass is 9.94. The summed E-state index contributed by atoms with van der Waals surface area (Å²) in [6.45, 7) is 3.72. The van der Waals surface area contributed by atoms with Gasteiger partial charge in [-0.15, -0.1) is 0 Å². The van der Waals surface area contributed by atoms with E-state index in [1.165, 1.54) is 38.2 Å². The van der Waals surface area contributed by atoms with Gasteiger partial charge in [-0.2, -0.15) is 0 Å². The van der Waals surface area contributed by atoms with Crippen LogP contribution in [0.4, 0.5) is 4.39 Å². The average molecular weight is 277 g/mol. The molecular formula is C16H24FN3. The molecule has 2 rings (SSSR count). The summed E-state index contributed by atoms with van der Waals surface area (Å²) < 4.78 is 14.1. The first kappa shape index (κ1) is 15.0. The van der Waals surface area contributed by atoms with Crippen LogP contribution in [0.25, 0.3) is 0 Å². The van der Waals surface area contributed by atoms with Crippen LogP contribution in [0, 0.1) is 11.2 Å². The molecule has 0 heterocycles. The number of amidine groups is 1. The van der Waals surface area contributed by atoms with Crippen molar-refractivity contribution in [1.29, 1.82) is 5.41 Å². The van der Waals surface area contributed by atoms with Crippen molar-refractivity contribution in [1.82, 2.24) is 4.90 Å². The molecule has 0 saturated heterocycles. The number of hydrogen-bond acceptors (Lipinski definition) is 2. The molecule has 0 spiro atoms. The molecule has 0 aliphatic heterocycles. The minimum atomic E-state index is -0.257. The van der Waals surface area contributed by atoms with Crippen LogP contribution in [0.2, 0.25) is 0 Å². The number of rotatable bonds is 5. The van der Waals surface area contributed by atoms with Crippen molar-refractivity contribution in [3.8, 4) is 0 Å². The largest absolute Gasteiger partial charge is 0.384 e. The molecule has 1 aromatic rings. The Bertz CT molecular complexity index is 467. The summed E-state index contributed by atoms with van der Waals surface area (Å²) in [5.41, 5.74) is 6.53. The summed E-state index contributed by atoms with van der Waals surface area (Å²) in [5.74, 6) is -0.345. The second kappa shape index (κ2) is 6.84. The number of halogens is 1. The average Bonchev–Trinajstić information content (AvgIpc) is 2.46. The van der Waals surface area contributed by atoms with E-state index in [1.807, 2.05) is 0 Å². The van der Waals surface area contributed by atoms with Gasteiger partial charge < -0.3 is 5.73 Å². The Balaban J connectivity index is 2.08. The lowest BCUT2D eigenvalue weighted by Crippen LogP contribution is -2.36. The first-order valence-corrected chi connectivity index (χ1v) is 7.48. The minimum Gasteiger partial charge on any atom is -0.384 e. The lowest BCUT2D eigenvalue weighted by molar-refractivity contribution is 0.154. The summed E-state index contributed by atoms with van der Waals surface area (Å²) in [5, 5.41) is 7.34. The van der Waals surface area contributed by atoms with Gasteiger partial charge in [0.2, 0.25) is 0 Å². The number of hydrogen-bond donors (Lipinski definition) is 2. The fourth-order valence-corrected chi connectivity index (χ4v) is 3.01. The van der Waals surface area contributed by atoms with E-state index < -0.39 is 0 Å². The summed E-state index contributed by atoms with van der Waals surface area (Å²) >= 11 is 0. The summed E-state index contributed by atoms with van der Waals surface area (Å²) in [7, 11) is 0. The molecule has 110 valence electrons. The van der Waals surface area contributed by atoms with Crippen molar-refractivity contribution in [2.45, 2.75) is 51.6 Å². The van der Waals surface area contributed by atoms with Gasteiger partial charge in [0.25, 0.3) is 0 Å². The van der Waals surface area contributed by atoms with Crippen molar-refractivity contribution in [2.24, 2.45) is 5.73 Å². The highest BCUT2D eigenvalue weighted by atomic mass is 19.1. The van der Waals surface area contributed by atoms with Crippen LogP contribution in [0.3, 0.4) is 0 Å². The molecule has 1 aromatic carbocycles. The van der Waals surface area contributed by atoms with E-state index in [2.05, 4.69) is 11.8 Å². The summed E-state index contributed by atoms with van der Waals surface area (Å²) in [6, 6.07) is 5.44. The molecule has 0 bridgehead atoms. The van der Waals surface area contributed by atoms with Crippen LogP contribution in [0.5, 0.6) is 0 Å². The third-order valence-corrected chi connectivity index (χ3v) is 4.23. The van der Waals surface area contributed by atoms with Crippen LogP contribution < -0.4 is 5.73 Å². The van der Waals surface area contributed by atoms with Crippen molar-refractivity contribution in [3.05, 3.63) is 35.1 Å².